The highest BCUT2D eigenvalue weighted by Crippen LogP contribution is 2.37. The fraction of sp³-hybridized carbons (Fsp3) is 0.483. The van der Waals surface area contributed by atoms with Crippen LogP contribution >= 0.6 is 0 Å². The van der Waals surface area contributed by atoms with Crippen LogP contribution in [0.3, 0.4) is 0 Å². The Hall–Kier alpha value is -3.13. The number of amides is 2. The maximum Gasteiger partial charge on any atom is 0.260 e. The van der Waals surface area contributed by atoms with Crippen LogP contribution in [0, 0.1) is 11.6 Å². The van der Waals surface area contributed by atoms with Crippen LogP contribution in [0.25, 0.3) is 0 Å². The second-order valence-corrected chi connectivity index (χ2v) is 9.95. The van der Waals surface area contributed by atoms with E-state index in [9.17, 15) is 18.4 Å². The van der Waals surface area contributed by atoms with E-state index in [0.29, 0.717) is 31.1 Å². The van der Waals surface area contributed by atoms with Crippen molar-refractivity contribution in [3.63, 3.8) is 0 Å². The lowest BCUT2D eigenvalue weighted by Gasteiger charge is -2.33. The number of carbonyl (C=O) groups excluding carboxylic acids is 2. The van der Waals surface area contributed by atoms with E-state index in [4.69, 9.17) is 4.99 Å². The highest BCUT2D eigenvalue weighted by Gasteiger charge is 2.46. The van der Waals surface area contributed by atoms with E-state index in [1.807, 2.05) is 19.9 Å². The average Bonchev–Trinajstić information content (AvgIpc) is 3.15. The summed E-state index contributed by atoms with van der Waals surface area (Å²) in [4.78, 5) is 34.1. The van der Waals surface area contributed by atoms with Gasteiger partial charge in [-0.2, -0.15) is 0 Å². The van der Waals surface area contributed by atoms with Crippen molar-refractivity contribution in [3.05, 3.63) is 65.2 Å². The first-order chi connectivity index (χ1) is 17.8. The van der Waals surface area contributed by atoms with Crippen molar-refractivity contribution in [3.8, 4) is 0 Å². The van der Waals surface area contributed by atoms with E-state index < -0.39 is 11.4 Å². The van der Waals surface area contributed by atoms with Crippen LogP contribution in [0.1, 0.15) is 69.9 Å². The Kier molecular flexibility index (Phi) is 8.37. The topological polar surface area (TPSA) is 65.0 Å². The SMILES string of the molecule is CCC(=O)Nc1cc(C2CCN(CCCN3C(=O)C(CC)(c4ccc(F)cc4)N=C3C)CC2)ccc1F. The number of aliphatic imine (C=N–C) groups is 1. The molecule has 0 bridgehead atoms. The zero-order chi connectivity index (χ0) is 26.6. The highest BCUT2D eigenvalue weighted by atomic mass is 19.1. The van der Waals surface area contributed by atoms with Crippen LogP contribution in [0.15, 0.2) is 47.5 Å². The first kappa shape index (κ1) is 26.9. The molecule has 1 unspecified atom stereocenters. The summed E-state index contributed by atoms with van der Waals surface area (Å²) in [5.41, 5.74) is 1.06. The van der Waals surface area contributed by atoms with Gasteiger partial charge in [0.2, 0.25) is 5.91 Å². The molecule has 0 radical (unpaired) electrons. The lowest BCUT2D eigenvalue weighted by atomic mass is 9.87. The summed E-state index contributed by atoms with van der Waals surface area (Å²) in [6, 6.07) is 11.1. The summed E-state index contributed by atoms with van der Waals surface area (Å²) in [6.07, 6.45) is 3.57. The molecule has 2 aromatic carbocycles. The van der Waals surface area contributed by atoms with Gasteiger partial charge in [0, 0.05) is 13.0 Å². The molecule has 0 aromatic heterocycles. The average molecular weight is 511 g/mol. The number of anilines is 1. The maximum atomic E-state index is 14.1. The molecule has 2 amide bonds. The van der Waals surface area contributed by atoms with Gasteiger partial charge in [-0.1, -0.05) is 32.0 Å². The summed E-state index contributed by atoms with van der Waals surface area (Å²) >= 11 is 0. The minimum Gasteiger partial charge on any atom is -0.324 e. The van der Waals surface area contributed by atoms with Crippen molar-refractivity contribution < 1.29 is 18.4 Å². The van der Waals surface area contributed by atoms with Gasteiger partial charge in [-0.25, -0.2) is 8.78 Å². The zero-order valence-electron chi connectivity index (χ0n) is 21.9. The molecule has 2 aliphatic heterocycles. The first-order valence-corrected chi connectivity index (χ1v) is 13.2. The second-order valence-electron chi connectivity index (χ2n) is 9.95. The standard InChI is InChI=1S/C29H36F2N4O2/c1-4-27(36)32-26-19-22(7-12-25(26)31)21-13-17-34(18-14-21)15-6-16-35-20(3)33-29(5-2,28(35)37)23-8-10-24(30)11-9-23/h7-12,19,21H,4-6,13-18H2,1-3H3,(H,32,36). The maximum absolute atomic E-state index is 14.1. The molecule has 2 aliphatic rings. The third-order valence-electron chi connectivity index (χ3n) is 7.68. The monoisotopic (exact) mass is 510 g/mol. The molecular weight excluding hydrogens is 474 g/mol. The summed E-state index contributed by atoms with van der Waals surface area (Å²) in [7, 11) is 0. The van der Waals surface area contributed by atoms with Crippen LogP contribution < -0.4 is 5.32 Å². The lowest BCUT2D eigenvalue weighted by Crippen LogP contribution is -2.42. The third kappa shape index (κ3) is 5.74. The number of rotatable bonds is 9. The van der Waals surface area contributed by atoms with Gasteiger partial charge in [0.05, 0.1) is 5.69 Å². The Bertz CT molecular complexity index is 1160. The van der Waals surface area contributed by atoms with E-state index in [2.05, 4.69) is 10.2 Å². The van der Waals surface area contributed by atoms with Gasteiger partial charge in [0.1, 0.15) is 17.5 Å². The smallest absolute Gasteiger partial charge is 0.260 e. The third-order valence-corrected chi connectivity index (χ3v) is 7.68. The number of piperidine rings is 1. The summed E-state index contributed by atoms with van der Waals surface area (Å²) in [5.74, 6) is 0.0491. The van der Waals surface area contributed by atoms with Crippen LogP contribution in [0.5, 0.6) is 0 Å². The van der Waals surface area contributed by atoms with Crippen molar-refractivity contribution in [1.82, 2.24) is 9.80 Å². The molecule has 6 nitrogen and oxygen atoms in total. The molecule has 37 heavy (non-hydrogen) atoms. The number of nitrogens with one attached hydrogen (secondary N) is 1. The Morgan fingerprint density at radius 3 is 2.43 bits per heavy atom. The fourth-order valence-electron chi connectivity index (χ4n) is 5.44. The van der Waals surface area contributed by atoms with E-state index >= 15 is 0 Å². The van der Waals surface area contributed by atoms with Crippen molar-refractivity contribution in [2.24, 2.45) is 4.99 Å². The zero-order valence-corrected chi connectivity index (χ0v) is 21.9. The molecule has 1 atom stereocenters. The van der Waals surface area contributed by atoms with Crippen molar-refractivity contribution in [2.75, 3.05) is 31.5 Å². The van der Waals surface area contributed by atoms with Crippen molar-refractivity contribution in [1.29, 1.82) is 0 Å². The molecule has 1 saturated heterocycles. The van der Waals surface area contributed by atoms with E-state index in [1.165, 1.54) is 18.2 Å². The molecule has 4 rings (SSSR count). The molecule has 0 saturated carbocycles. The lowest BCUT2D eigenvalue weighted by molar-refractivity contribution is -0.131. The number of likely N-dealkylation sites (tertiary alicyclic amines) is 1. The Morgan fingerprint density at radius 1 is 1.08 bits per heavy atom. The van der Waals surface area contributed by atoms with Crippen molar-refractivity contribution >= 4 is 23.3 Å². The van der Waals surface area contributed by atoms with Gasteiger partial charge < -0.3 is 10.2 Å². The summed E-state index contributed by atoms with van der Waals surface area (Å²) < 4.78 is 27.6. The molecule has 8 heteroatoms. The molecule has 1 N–H and O–H groups in total. The Morgan fingerprint density at radius 2 is 1.78 bits per heavy atom. The van der Waals surface area contributed by atoms with Gasteiger partial charge in [0.15, 0.2) is 5.54 Å². The number of hydrogen-bond acceptors (Lipinski definition) is 4. The number of amidine groups is 1. The number of hydrogen-bond donors (Lipinski definition) is 1. The summed E-state index contributed by atoms with van der Waals surface area (Å²) in [6.45, 7) is 8.86. The largest absolute Gasteiger partial charge is 0.324 e. The Labute approximate surface area is 217 Å². The number of halogens is 2. The normalized spacial score (nSPS) is 20.8. The molecule has 1 fully saturated rings. The minimum absolute atomic E-state index is 0.0416. The van der Waals surface area contributed by atoms with Crippen LogP contribution in [-0.2, 0) is 15.1 Å². The van der Waals surface area contributed by atoms with E-state index in [1.54, 1.807) is 30.0 Å². The van der Waals surface area contributed by atoms with Crippen LogP contribution in [0.2, 0.25) is 0 Å². The van der Waals surface area contributed by atoms with Gasteiger partial charge in [-0.3, -0.25) is 19.5 Å². The van der Waals surface area contributed by atoms with Crippen molar-refractivity contribution in [2.45, 2.75) is 64.3 Å². The molecule has 0 spiro atoms. The van der Waals surface area contributed by atoms with Crippen LogP contribution in [-0.4, -0.2) is 53.6 Å². The molecule has 0 aliphatic carbocycles. The highest BCUT2D eigenvalue weighted by molar-refractivity contribution is 6.07. The number of carbonyl (C=O) groups is 2. The van der Waals surface area contributed by atoms with E-state index in [-0.39, 0.29) is 23.3 Å². The molecule has 198 valence electrons. The van der Waals surface area contributed by atoms with Gasteiger partial charge in [-0.15, -0.1) is 0 Å². The van der Waals surface area contributed by atoms with E-state index in [0.717, 1.165) is 50.0 Å². The summed E-state index contributed by atoms with van der Waals surface area (Å²) in [5, 5.41) is 2.65. The number of nitrogens with zero attached hydrogens (tertiary/aromatic N) is 3. The van der Waals surface area contributed by atoms with Gasteiger partial charge in [-0.05, 0) is 93.6 Å². The van der Waals surface area contributed by atoms with Crippen LogP contribution in [0.4, 0.5) is 14.5 Å². The molecular formula is C29H36F2N4O2. The minimum atomic E-state index is -0.971. The Balaban J connectivity index is 1.29. The fourth-order valence-corrected chi connectivity index (χ4v) is 5.44. The molecule has 2 aromatic rings. The quantitative estimate of drug-likeness (QED) is 0.488. The predicted octanol–water partition coefficient (Wildman–Crippen LogP) is 5.45. The number of benzene rings is 2. The first-order valence-electron chi connectivity index (χ1n) is 13.2. The van der Waals surface area contributed by atoms with Gasteiger partial charge in [0.25, 0.3) is 5.91 Å². The second kappa shape index (κ2) is 11.5. The predicted molar refractivity (Wildman–Crippen MR) is 142 cm³/mol. The molecule has 2 heterocycles. The van der Waals surface area contributed by atoms with Gasteiger partial charge >= 0.3 is 0 Å².